The van der Waals surface area contributed by atoms with Crippen molar-refractivity contribution in [3.63, 3.8) is 0 Å². The lowest BCUT2D eigenvalue weighted by molar-refractivity contribution is -0.109. The molecule has 3 heteroatoms. The SMILES string of the molecule is NCc1ccc(N2CCCCC2C=O)cc1. The molecule has 1 atom stereocenters. The topological polar surface area (TPSA) is 46.3 Å². The second-order valence-corrected chi connectivity index (χ2v) is 4.26. The zero-order valence-corrected chi connectivity index (χ0v) is 9.43. The molecule has 1 aliphatic heterocycles. The van der Waals surface area contributed by atoms with Gasteiger partial charge in [0.1, 0.15) is 6.29 Å². The largest absolute Gasteiger partial charge is 0.362 e. The number of nitrogens with zero attached hydrogens (tertiary/aromatic N) is 1. The minimum absolute atomic E-state index is 0.0532. The Morgan fingerprint density at radius 1 is 1.31 bits per heavy atom. The van der Waals surface area contributed by atoms with E-state index in [-0.39, 0.29) is 6.04 Å². The van der Waals surface area contributed by atoms with Crippen LogP contribution in [0.4, 0.5) is 5.69 Å². The normalized spacial score (nSPS) is 20.8. The summed E-state index contributed by atoms with van der Waals surface area (Å²) in [4.78, 5) is 13.2. The van der Waals surface area contributed by atoms with E-state index in [2.05, 4.69) is 17.0 Å². The Balaban J connectivity index is 2.17. The van der Waals surface area contributed by atoms with Crippen LogP contribution in [0.1, 0.15) is 24.8 Å². The first-order chi connectivity index (χ1) is 7.85. The monoisotopic (exact) mass is 218 g/mol. The number of nitrogens with two attached hydrogens (primary N) is 1. The number of hydrogen-bond donors (Lipinski definition) is 1. The van der Waals surface area contributed by atoms with Gasteiger partial charge in [-0.3, -0.25) is 0 Å². The standard InChI is InChI=1S/C13H18N2O/c14-9-11-4-6-12(7-5-11)15-8-2-1-3-13(15)10-16/h4-7,10,13H,1-3,8-9,14H2. The van der Waals surface area contributed by atoms with E-state index >= 15 is 0 Å². The van der Waals surface area contributed by atoms with E-state index in [0.29, 0.717) is 6.54 Å². The summed E-state index contributed by atoms with van der Waals surface area (Å²) in [7, 11) is 0. The van der Waals surface area contributed by atoms with Gasteiger partial charge in [0.15, 0.2) is 0 Å². The molecule has 1 saturated heterocycles. The minimum atomic E-state index is 0.0532. The van der Waals surface area contributed by atoms with Crippen molar-refractivity contribution in [2.24, 2.45) is 5.73 Å². The van der Waals surface area contributed by atoms with E-state index < -0.39 is 0 Å². The lowest BCUT2D eigenvalue weighted by Crippen LogP contribution is -2.40. The lowest BCUT2D eigenvalue weighted by Gasteiger charge is -2.34. The molecule has 1 heterocycles. The predicted octanol–water partition coefficient (Wildman–Crippen LogP) is 1.70. The van der Waals surface area contributed by atoms with E-state index in [9.17, 15) is 4.79 Å². The predicted molar refractivity (Wildman–Crippen MR) is 65.4 cm³/mol. The van der Waals surface area contributed by atoms with Crippen LogP contribution in [0.15, 0.2) is 24.3 Å². The molecule has 1 aliphatic rings. The number of rotatable bonds is 3. The molecule has 3 nitrogen and oxygen atoms in total. The van der Waals surface area contributed by atoms with Crippen LogP contribution in [0.25, 0.3) is 0 Å². The van der Waals surface area contributed by atoms with Gasteiger partial charge in [0.2, 0.25) is 0 Å². The number of carbonyl (C=O) groups excluding carboxylic acids is 1. The van der Waals surface area contributed by atoms with Crippen molar-refractivity contribution < 1.29 is 4.79 Å². The molecule has 2 N–H and O–H groups in total. The smallest absolute Gasteiger partial charge is 0.142 e. The van der Waals surface area contributed by atoms with Crippen LogP contribution in [0, 0.1) is 0 Å². The molecule has 0 bridgehead atoms. The van der Waals surface area contributed by atoms with Crippen molar-refractivity contribution in [2.75, 3.05) is 11.4 Å². The van der Waals surface area contributed by atoms with Gasteiger partial charge < -0.3 is 15.4 Å². The molecule has 2 rings (SSSR count). The summed E-state index contributed by atoms with van der Waals surface area (Å²) in [6.07, 6.45) is 4.36. The van der Waals surface area contributed by atoms with Crippen LogP contribution >= 0.6 is 0 Å². The molecule has 86 valence electrons. The van der Waals surface area contributed by atoms with Crippen molar-refractivity contribution in [3.8, 4) is 0 Å². The summed E-state index contributed by atoms with van der Waals surface area (Å²) in [5.74, 6) is 0. The molecule has 16 heavy (non-hydrogen) atoms. The van der Waals surface area contributed by atoms with Crippen molar-refractivity contribution >= 4 is 12.0 Å². The van der Waals surface area contributed by atoms with Crippen LogP contribution in [0.5, 0.6) is 0 Å². The van der Waals surface area contributed by atoms with Gasteiger partial charge >= 0.3 is 0 Å². The molecule has 0 amide bonds. The molecule has 0 spiro atoms. The van der Waals surface area contributed by atoms with Crippen LogP contribution in [0.2, 0.25) is 0 Å². The summed E-state index contributed by atoms with van der Waals surface area (Å²) in [5.41, 5.74) is 7.82. The third-order valence-corrected chi connectivity index (χ3v) is 3.21. The number of carbonyl (C=O) groups is 1. The molecule has 0 aromatic heterocycles. The fourth-order valence-electron chi connectivity index (χ4n) is 2.24. The molecule has 1 aromatic rings. The Morgan fingerprint density at radius 2 is 2.06 bits per heavy atom. The Morgan fingerprint density at radius 3 is 2.69 bits per heavy atom. The Bertz CT molecular complexity index is 347. The Labute approximate surface area is 96.2 Å². The molecule has 0 saturated carbocycles. The highest BCUT2D eigenvalue weighted by atomic mass is 16.1. The summed E-state index contributed by atoms with van der Waals surface area (Å²) in [6.45, 7) is 1.54. The number of anilines is 1. The van der Waals surface area contributed by atoms with E-state index in [1.807, 2.05) is 12.1 Å². The van der Waals surface area contributed by atoms with Gasteiger partial charge in [0.05, 0.1) is 6.04 Å². The third-order valence-electron chi connectivity index (χ3n) is 3.21. The van der Waals surface area contributed by atoms with Crippen LogP contribution in [-0.2, 0) is 11.3 Å². The first-order valence-corrected chi connectivity index (χ1v) is 5.86. The van der Waals surface area contributed by atoms with Gasteiger partial charge in [-0.15, -0.1) is 0 Å². The number of aldehydes is 1. The van der Waals surface area contributed by atoms with E-state index in [1.165, 1.54) is 6.42 Å². The van der Waals surface area contributed by atoms with Crippen molar-refractivity contribution in [1.29, 1.82) is 0 Å². The second kappa shape index (κ2) is 5.12. The third kappa shape index (κ3) is 2.25. The zero-order valence-electron chi connectivity index (χ0n) is 9.43. The highest BCUT2D eigenvalue weighted by molar-refractivity contribution is 5.66. The van der Waals surface area contributed by atoms with Gasteiger partial charge in [-0.05, 0) is 37.0 Å². The average molecular weight is 218 g/mol. The maximum atomic E-state index is 11.0. The van der Waals surface area contributed by atoms with Crippen molar-refractivity contribution in [3.05, 3.63) is 29.8 Å². The maximum Gasteiger partial charge on any atom is 0.142 e. The van der Waals surface area contributed by atoms with Gasteiger partial charge in [-0.25, -0.2) is 0 Å². The highest BCUT2D eigenvalue weighted by Crippen LogP contribution is 2.24. The Kier molecular flexibility index (Phi) is 3.57. The van der Waals surface area contributed by atoms with Gasteiger partial charge in [-0.2, -0.15) is 0 Å². The number of piperidine rings is 1. The first kappa shape index (κ1) is 11.1. The molecular weight excluding hydrogens is 200 g/mol. The second-order valence-electron chi connectivity index (χ2n) is 4.26. The molecule has 0 radical (unpaired) electrons. The van der Waals surface area contributed by atoms with Crippen molar-refractivity contribution in [1.82, 2.24) is 0 Å². The minimum Gasteiger partial charge on any atom is -0.362 e. The lowest BCUT2D eigenvalue weighted by atomic mass is 10.0. The van der Waals surface area contributed by atoms with Gasteiger partial charge in [0, 0.05) is 18.8 Å². The van der Waals surface area contributed by atoms with Gasteiger partial charge in [-0.1, -0.05) is 12.1 Å². The highest BCUT2D eigenvalue weighted by Gasteiger charge is 2.21. The fourth-order valence-corrected chi connectivity index (χ4v) is 2.24. The zero-order chi connectivity index (χ0) is 11.4. The van der Waals surface area contributed by atoms with Crippen LogP contribution in [0.3, 0.4) is 0 Å². The van der Waals surface area contributed by atoms with E-state index in [4.69, 9.17) is 5.73 Å². The average Bonchev–Trinajstić information content (AvgIpc) is 2.39. The van der Waals surface area contributed by atoms with Crippen LogP contribution in [-0.4, -0.2) is 18.9 Å². The number of hydrogen-bond acceptors (Lipinski definition) is 3. The number of benzene rings is 1. The van der Waals surface area contributed by atoms with Gasteiger partial charge in [0.25, 0.3) is 0 Å². The maximum absolute atomic E-state index is 11.0. The summed E-state index contributed by atoms with van der Waals surface area (Å²) < 4.78 is 0. The molecule has 1 fully saturated rings. The quantitative estimate of drug-likeness (QED) is 0.785. The summed E-state index contributed by atoms with van der Waals surface area (Å²) in [5, 5.41) is 0. The Hall–Kier alpha value is -1.35. The molecular formula is C13H18N2O. The summed E-state index contributed by atoms with van der Waals surface area (Å²) in [6, 6.07) is 8.24. The van der Waals surface area contributed by atoms with E-state index in [0.717, 1.165) is 36.9 Å². The molecule has 1 unspecified atom stereocenters. The van der Waals surface area contributed by atoms with Crippen molar-refractivity contribution in [2.45, 2.75) is 31.8 Å². The summed E-state index contributed by atoms with van der Waals surface area (Å²) >= 11 is 0. The van der Waals surface area contributed by atoms with Crippen LogP contribution < -0.4 is 10.6 Å². The first-order valence-electron chi connectivity index (χ1n) is 5.86. The fraction of sp³-hybridized carbons (Fsp3) is 0.462. The molecule has 0 aliphatic carbocycles. The van der Waals surface area contributed by atoms with E-state index in [1.54, 1.807) is 0 Å². The molecule has 1 aromatic carbocycles.